The van der Waals surface area contributed by atoms with Crippen LogP contribution in [-0.2, 0) is 0 Å². The summed E-state index contributed by atoms with van der Waals surface area (Å²) in [7, 11) is 5.31. The monoisotopic (exact) mass is 144 g/mol. The molecule has 2 radical (unpaired) electrons. The molecule has 0 aromatic rings. The highest BCUT2D eigenvalue weighted by atomic mass is 14.0. The second-order valence-electron chi connectivity index (χ2n) is 2.60. The van der Waals surface area contributed by atoms with Crippen molar-refractivity contribution in [1.82, 2.24) is 0 Å². The van der Waals surface area contributed by atoms with Gasteiger partial charge < -0.3 is 0 Å². The molecular formula is C10H13B. The Labute approximate surface area is 70.8 Å². The first-order chi connectivity index (χ1) is 5.22. The summed E-state index contributed by atoms with van der Waals surface area (Å²) in [6, 6.07) is 0. The predicted molar refractivity (Wildman–Crippen MR) is 51.5 cm³/mol. The maximum Gasteiger partial charge on any atom is 0.0708 e. The molecule has 0 saturated heterocycles. The lowest BCUT2D eigenvalue weighted by Crippen LogP contribution is -1.89. The van der Waals surface area contributed by atoms with Gasteiger partial charge in [-0.2, -0.15) is 0 Å². The maximum absolute atomic E-state index is 5.31. The van der Waals surface area contributed by atoms with Crippen molar-refractivity contribution in [3.8, 4) is 12.3 Å². The lowest BCUT2D eigenvalue weighted by molar-refractivity contribution is 0.792. The number of terminal acetylenes is 1. The Morgan fingerprint density at radius 2 is 2.27 bits per heavy atom. The molecular weight excluding hydrogens is 131 g/mol. The average Bonchev–Trinajstić information content (AvgIpc) is 1.97. The van der Waals surface area contributed by atoms with Crippen LogP contribution in [0.2, 0.25) is 6.32 Å². The van der Waals surface area contributed by atoms with Crippen molar-refractivity contribution in [2.24, 2.45) is 5.92 Å². The highest BCUT2D eigenvalue weighted by molar-refractivity contribution is 6.09. The Balaban J connectivity index is 4.26. The van der Waals surface area contributed by atoms with Gasteiger partial charge in [0.15, 0.2) is 0 Å². The quantitative estimate of drug-likeness (QED) is 0.324. The van der Waals surface area contributed by atoms with Crippen LogP contribution in [0.25, 0.3) is 0 Å². The molecule has 1 heteroatoms. The summed E-state index contributed by atoms with van der Waals surface area (Å²) in [5.74, 6) is 2.97. The van der Waals surface area contributed by atoms with E-state index in [9.17, 15) is 0 Å². The van der Waals surface area contributed by atoms with Crippen molar-refractivity contribution in [3.05, 3.63) is 23.8 Å². The molecule has 56 valence electrons. The van der Waals surface area contributed by atoms with Crippen LogP contribution in [0.3, 0.4) is 0 Å². The normalized spacial score (nSPS) is 12.4. The first-order valence-electron chi connectivity index (χ1n) is 3.75. The van der Waals surface area contributed by atoms with Crippen LogP contribution in [-0.4, -0.2) is 7.85 Å². The predicted octanol–water partition coefficient (Wildman–Crippen LogP) is 2.34. The lowest BCUT2D eigenvalue weighted by Gasteiger charge is -2.03. The van der Waals surface area contributed by atoms with Gasteiger partial charge in [0.2, 0.25) is 0 Å². The fraction of sp³-hybridized carbons (Fsp3) is 0.400. The second kappa shape index (κ2) is 5.86. The highest BCUT2D eigenvalue weighted by Crippen LogP contribution is 2.10. The van der Waals surface area contributed by atoms with Crippen LogP contribution in [0.4, 0.5) is 0 Å². The molecule has 0 rings (SSSR count). The van der Waals surface area contributed by atoms with E-state index in [4.69, 9.17) is 14.3 Å². The van der Waals surface area contributed by atoms with Gasteiger partial charge in [0.05, 0.1) is 7.85 Å². The molecule has 0 saturated carbocycles. The summed E-state index contributed by atoms with van der Waals surface area (Å²) in [4.78, 5) is 0. The van der Waals surface area contributed by atoms with E-state index >= 15 is 0 Å². The van der Waals surface area contributed by atoms with Gasteiger partial charge in [-0.1, -0.05) is 38.2 Å². The third-order valence-corrected chi connectivity index (χ3v) is 1.36. The van der Waals surface area contributed by atoms with Crippen molar-refractivity contribution >= 4 is 7.85 Å². The van der Waals surface area contributed by atoms with Gasteiger partial charge in [-0.05, 0) is 17.6 Å². The highest BCUT2D eigenvalue weighted by Gasteiger charge is 1.95. The topological polar surface area (TPSA) is 0 Å². The zero-order valence-corrected chi connectivity index (χ0v) is 7.17. The Kier molecular flexibility index (Phi) is 5.38. The van der Waals surface area contributed by atoms with Crippen molar-refractivity contribution in [1.29, 1.82) is 0 Å². The Morgan fingerprint density at radius 1 is 1.64 bits per heavy atom. The molecule has 0 nitrogen and oxygen atoms in total. The first kappa shape index (κ1) is 10.1. The van der Waals surface area contributed by atoms with Crippen molar-refractivity contribution in [2.45, 2.75) is 20.2 Å². The summed E-state index contributed by atoms with van der Waals surface area (Å²) in [5, 5.41) is 0. The molecule has 0 atom stereocenters. The summed E-state index contributed by atoms with van der Waals surface area (Å²) in [6.07, 6.45) is 11.4. The van der Waals surface area contributed by atoms with Gasteiger partial charge in [-0.15, -0.1) is 6.42 Å². The van der Waals surface area contributed by atoms with Gasteiger partial charge in [0.25, 0.3) is 0 Å². The third-order valence-electron chi connectivity index (χ3n) is 1.36. The minimum Gasteiger partial charge on any atom is -0.115 e. The minimum atomic E-state index is 0.467. The van der Waals surface area contributed by atoms with Gasteiger partial charge >= 0.3 is 0 Å². The van der Waals surface area contributed by atoms with Crippen LogP contribution in [0.5, 0.6) is 0 Å². The summed E-state index contributed by atoms with van der Waals surface area (Å²) < 4.78 is 0. The molecule has 0 amide bonds. The number of rotatable bonds is 3. The molecule has 0 aliphatic carbocycles. The zero-order valence-electron chi connectivity index (χ0n) is 7.17. The fourth-order valence-electron chi connectivity index (χ4n) is 0.708. The van der Waals surface area contributed by atoms with E-state index in [0.717, 1.165) is 5.57 Å². The van der Waals surface area contributed by atoms with Crippen LogP contribution >= 0.6 is 0 Å². The molecule has 0 aliphatic heterocycles. The third kappa shape index (κ3) is 4.50. The van der Waals surface area contributed by atoms with E-state index in [1.807, 2.05) is 12.2 Å². The van der Waals surface area contributed by atoms with Crippen LogP contribution < -0.4 is 0 Å². The van der Waals surface area contributed by atoms with Crippen molar-refractivity contribution < 1.29 is 0 Å². The molecule has 0 aromatic carbocycles. The fourth-order valence-corrected chi connectivity index (χ4v) is 0.708. The van der Waals surface area contributed by atoms with E-state index in [0.29, 0.717) is 12.2 Å². The molecule has 0 N–H and O–H groups in total. The zero-order chi connectivity index (χ0) is 8.69. The Bertz CT molecular complexity index is 191. The maximum atomic E-state index is 5.31. The molecule has 11 heavy (non-hydrogen) atoms. The SMILES string of the molecule is [B]C/C=C\C(=C/C#C)C(C)C. The van der Waals surface area contributed by atoms with Gasteiger partial charge in [-0.3, -0.25) is 0 Å². The second-order valence-corrected chi connectivity index (χ2v) is 2.60. The van der Waals surface area contributed by atoms with E-state index in [2.05, 4.69) is 19.8 Å². The molecule has 0 heterocycles. The number of hydrogen-bond acceptors (Lipinski definition) is 0. The van der Waals surface area contributed by atoms with E-state index in [1.165, 1.54) is 0 Å². The summed E-state index contributed by atoms with van der Waals surface area (Å²) in [5.41, 5.74) is 1.15. The van der Waals surface area contributed by atoms with Crippen LogP contribution in [0.1, 0.15) is 13.8 Å². The molecule has 0 aromatic heterocycles. The molecule has 0 bridgehead atoms. The molecule has 0 fully saturated rings. The van der Waals surface area contributed by atoms with E-state index in [1.54, 1.807) is 6.08 Å². The van der Waals surface area contributed by atoms with Gasteiger partial charge in [-0.25, -0.2) is 0 Å². The summed E-state index contributed by atoms with van der Waals surface area (Å²) in [6.45, 7) is 4.20. The van der Waals surface area contributed by atoms with Crippen LogP contribution in [0, 0.1) is 18.3 Å². The van der Waals surface area contributed by atoms with Gasteiger partial charge in [0.1, 0.15) is 0 Å². The molecule has 0 aliphatic rings. The Hall–Kier alpha value is -0.895. The Morgan fingerprint density at radius 3 is 2.64 bits per heavy atom. The van der Waals surface area contributed by atoms with E-state index < -0.39 is 0 Å². The minimum absolute atomic E-state index is 0.467. The lowest BCUT2D eigenvalue weighted by atomic mass is 9.99. The van der Waals surface area contributed by atoms with E-state index in [-0.39, 0.29) is 0 Å². The van der Waals surface area contributed by atoms with Crippen molar-refractivity contribution in [2.75, 3.05) is 0 Å². The standard InChI is InChI=1S/C10H13B/c1-4-6-10(9(2)3)7-5-8-11/h1,5-7,9H,8H2,2-3H3/b7-5-,10-6+. The van der Waals surface area contributed by atoms with Gasteiger partial charge in [0, 0.05) is 0 Å². The van der Waals surface area contributed by atoms with Crippen molar-refractivity contribution in [3.63, 3.8) is 0 Å². The first-order valence-corrected chi connectivity index (χ1v) is 3.75. The molecule has 0 unspecified atom stereocenters. The smallest absolute Gasteiger partial charge is 0.0708 e. The molecule has 0 spiro atoms. The summed E-state index contributed by atoms with van der Waals surface area (Å²) >= 11 is 0. The van der Waals surface area contributed by atoms with Crippen LogP contribution in [0.15, 0.2) is 23.8 Å². The average molecular weight is 144 g/mol. The number of allylic oxidation sites excluding steroid dienone is 4. The number of hydrogen-bond donors (Lipinski definition) is 0. The largest absolute Gasteiger partial charge is 0.115 e.